The van der Waals surface area contributed by atoms with Gasteiger partial charge in [0.25, 0.3) is 0 Å². The number of hydrogen-bond donors (Lipinski definition) is 1. The van der Waals surface area contributed by atoms with Crippen LogP contribution in [-0.4, -0.2) is 6.54 Å². The third-order valence-electron chi connectivity index (χ3n) is 2.87. The SMILES string of the molecule is CCCNCc1ccc(Oc2ccc(F)c(Br)c2)c(F)c1. The van der Waals surface area contributed by atoms with E-state index in [1.165, 1.54) is 24.3 Å². The Labute approximate surface area is 131 Å². The summed E-state index contributed by atoms with van der Waals surface area (Å²) in [5.74, 6) is -0.335. The summed E-state index contributed by atoms with van der Waals surface area (Å²) in [4.78, 5) is 0. The van der Waals surface area contributed by atoms with Crippen LogP contribution in [0.4, 0.5) is 8.78 Å². The first kappa shape index (κ1) is 15.9. The van der Waals surface area contributed by atoms with Crippen LogP contribution in [0.5, 0.6) is 11.5 Å². The smallest absolute Gasteiger partial charge is 0.166 e. The van der Waals surface area contributed by atoms with Crippen LogP contribution in [0.3, 0.4) is 0 Å². The van der Waals surface area contributed by atoms with Gasteiger partial charge in [-0.05, 0) is 64.8 Å². The van der Waals surface area contributed by atoms with Crippen LogP contribution in [0.25, 0.3) is 0 Å². The third kappa shape index (κ3) is 4.51. The van der Waals surface area contributed by atoms with Crippen molar-refractivity contribution in [2.24, 2.45) is 0 Å². The first-order valence-corrected chi connectivity index (χ1v) is 7.51. The largest absolute Gasteiger partial charge is 0.454 e. The lowest BCUT2D eigenvalue weighted by Crippen LogP contribution is -2.13. The van der Waals surface area contributed by atoms with Gasteiger partial charge in [0.2, 0.25) is 0 Å². The van der Waals surface area contributed by atoms with Gasteiger partial charge >= 0.3 is 0 Å². The molecule has 0 radical (unpaired) electrons. The van der Waals surface area contributed by atoms with Gasteiger partial charge in [0.15, 0.2) is 11.6 Å². The third-order valence-corrected chi connectivity index (χ3v) is 3.48. The first-order valence-electron chi connectivity index (χ1n) is 6.72. The Morgan fingerprint density at radius 2 is 1.90 bits per heavy atom. The van der Waals surface area contributed by atoms with Crippen molar-refractivity contribution in [1.82, 2.24) is 5.32 Å². The van der Waals surface area contributed by atoms with E-state index in [-0.39, 0.29) is 16.0 Å². The average molecular weight is 356 g/mol. The van der Waals surface area contributed by atoms with Crippen LogP contribution in [0.15, 0.2) is 40.9 Å². The zero-order valence-corrected chi connectivity index (χ0v) is 13.2. The summed E-state index contributed by atoms with van der Waals surface area (Å²) in [6.45, 7) is 3.59. The molecule has 0 aliphatic heterocycles. The molecule has 0 aromatic heterocycles. The van der Waals surface area contributed by atoms with E-state index in [0.29, 0.717) is 12.3 Å². The Balaban J connectivity index is 2.08. The number of hydrogen-bond acceptors (Lipinski definition) is 2. The molecule has 21 heavy (non-hydrogen) atoms. The highest BCUT2D eigenvalue weighted by Gasteiger charge is 2.08. The quantitative estimate of drug-likeness (QED) is 0.734. The van der Waals surface area contributed by atoms with E-state index in [4.69, 9.17) is 4.74 Å². The molecule has 0 aliphatic rings. The molecular formula is C16H16BrF2NO. The summed E-state index contributed by atoms with van der Waals surface area (Å²) in [6.07, 6.45) is 1.03. The molecule has 112 valence electrons. The van der Waals surface area contributed by atoms with E-state index in [1.807, 2.05) is 0 Å². The van der Waals surface area contributed by atoms with Gasteiger partial charge < -0.3 is 10.1 Å². The maximum absolute atomic E-state index is 14.0. The van der Waals surface area contributed by atoms with Gasteiger partial charge in [0, 0.05) is 6.54 Å². The summed E-state index contributed by atoms with van der Waals surface area (Å²) >= 11 is 3.07. The number of halogens is 3. The molecule has 0 saturated heterocycles. The molecule has 1 N–H and O–H groups in total. The highest BCUT2D eigenvalue weighted by molar-refractivity contribution is 9.10. The molecule has 0 saturated carbocycles. The summed E-state index contributed by atoms with van der Waals surface area (Å²) in [5, 5.41) is 3.21. The Morgan fingerprint density at radius 3 is 2.57 bits per heavy atom. The summed E-state index contributed by atoms with van der Waals surface area (Å²) in [7, 11) is 0. The zero-order chi connectivity index (χ0) is 15.2. The highest BCUT2D eigenvalue weighted by atomic mass is 79.9. The fourth-order valence-corrected chi connectivity index (χ4v) is 2.17. The van der Waals surface area contributed by atoms with Crippen molar-refractivity contribution in [3.8, 4) is 11.5 Å². The minimum atomic E-state index is -0.439. The van der Waals surface area contributed by atoms with Gasteiger partial charge in [-0.3, -0.25) is 0 Å². The van der Waals surface area contributed by atoms with Crippen LogP contribution >= 0.6 is 15.9 Å². The number of rotatable bonds is 6. The summed E-state index contributed by atoms with van der Waals surface area (Å²) < 4.78 is 32.8. The Kier molecular flexibility index (Phi) is 5.70. The maximum Gasteiger partial charge on any atom is 0.166 e. The van der Waals surface area contributed by atoms with Crippen LogP contribution in [0, 0.1) is 11.6 Å². The molecule has 2 nitrogen and oxygen atoms in total. The molecule has 0 unspecified atom stereocenters. The minimum Gasteiger partial charge on any atom is -0.454 e. The van der Waals surface area contributed by atoms with Crippen molar-refractivity contribution in [2.45, 2.75) is 19.9 Å². The van der Waals surface area contributed by atoms with Gasteiger partial charge in [0.1, 0.15) is 11.6 Å². The Morgan fingerprint density at radius 1 is 1.10 bits per heavy atom. The molecule has 0 bridgehead atoms. The van der Waals surface area contributed by atoms with Crippen molar-refractivity contribution in [2.75, 3.05) is 6.54 Å². The van der Waals surface area contributed by atoms with Crippen LogP contribution in [-0.2, 0) is 6.54 Å². The molecule has 5 heteroatoms. The molecule has 2 aromatic carbocycles. The Bertz CT molecular complexity index is 619. The fourth-order valence-electron chi connectivity index (χ4n) is 1.81. The van der Waals surface area contributed by atoms with E-state index in [0.717, 1.165) is 18.5 Å². The number of nitrogens with one attached hydrogen (secondary N) is 1. The van der Waals surface area contributed by atoms with Crippen molar-refractivity contribution >= 4 is 15.9 Å². The van der Waals surface area contributed by atoms with Gasteiger partial charge in [-0.1, -0.05) is 13.0 Å². The molecule has 0 atom stereocenters. The molecular weight excluding hydrogens is 340 g/mol. The highest BCUT2D eigenvalue weighted by Crippen LogP contribution is 2.28. The lowest BCUT2D eigenvalue weighted by atomic mass is 10.2. The van der Waals surface area contributed by atoms with Crippen molar-refractivity contribution < 1.29 is 13.5 Å². The van der Waals surface area contributed by atoms with E-state index < -0.39 is 5.82 Å². The lowest BCUT2D eigenvalue weighted by Gasteiger charge is -2.09. The zero-order valence-electron chi connectivity index (χ0n) is 11.6. The van der Waals surface area contributed by atoms with Crippen LogP contribution in [0.2, 0.25) is 0 Å². The number of benzene rings is 2. The van der Waals surface area contributed by atoms with Gasteiger partial charge in [-0.2, -0.15) is 0 Å². The lowest BCUT2D eigenvalue weighted by molar-refractivity contribution is 0.440. The van der Waals surface area contributed by atoms with Gasteiger partial charge in [0.05, 0.1) is 4.47 Å². The second kappa shape index (κ2) is 7.52. The number of ether oxygens (including phenoxy) is 1. The minimum absolute atomic E-state index is 0.118. The topological polar surface area (TPSA) is 21.3 Å². The second-order valence-electron chi connectivity index (χ2n) is 4.62. The monoisotopic (exact) mass is 355 g/mol. The predicted octanol–water partition coefficient (Wildman–Crippen LogP) is 5.02. The standard InChI is InChI=1S/C16H16BrF2NO/c1-2-7-20-10-11-3-6-16(15(19)8-11)21-12-4-5-14(18)13(17)9-12/h3-6,8-9,20H,2,7,10H2,1H3. The molecule has 0 spiro atoms. The van der Waals surface area contributed by atoms with Crippen LogP contribution < -0.4 is 10.1 Å². The Hall–Kier alpha value is -1.46. The molecule has 0 heterocycles. The maximum atomic E-state index is 14.0. The van der Waals surface area contributed by atoms with E-state index in [9.17, 15) is 8.78 Å². The second-order valence-corrected chi connectivity index (χ2v) is 5.47. The van der Waals surface area contributed by atoms with E-state index in [2.05, 4.69) is 28.2 Å². The average Bonchev–Trinajstić information content (AvgIpc) is 2.46. The van der Waals surface area contributed by atoms with Crippen molar-refractivity contribution in [3.05, 3.63) is 58.1 Å². The van der Waals surface area contributed by atoms with E-state index in [1.54, 1.807) is 12.1 Å². The predicted molar refractivity (Wildman–Crippen MR) is 82.6 cm³/mol. The first-order chi connectivity index (χ1) is 10.1. The molecule has 0 aliphatic carbocycles. The summed E-state index contributed by atoms with van der Waals surface area (Å²) in [5.41, 5.74) is 0.855. The van der Waals surface area contributed by atoms with Gasteiger partial charge in [-0.15, -0.1) is 0 Å². The van der Waals surface area contributed by atoms with E-state index >= 15 is 0 Å². The summed E-state index contributed by atoms with van der Waals surface area (Å²) in [6, 6.07) is 9.01. The van der Waals surface area contributed by atoms with Crippen molar-refractivity contribution in [3.63, 3.8) is 0 Å². The molecule has 2 rings (SSSR count). The molecule has 0 amide bonds. The molecule has 0 fully saturated rings. The molecule has 2 aromatic rings. The fraction of sp³-hybridized carbons (Fsp3) is 0.250. The van der Waals surface area contributed by atoms with Crippen LogP contribution in [0.1, 0.15) is 18.9 Å². The van der Waals surface area contributed by atoms with Gasteiger partial charge in [-0.25, -0.2) is 8.78 Å². The van der Waals surface area contributed by atoms with Crippen molar-refractivity contribution in [1.29, 1.82) is 0 Å². The normalized spacial score (nSPS) is 10.7.